The van der Waals surface area contributed by atoms with Crippen molar-refractivity contribution in [2.75, 3.05) is 62.8 Å². The molecule has 6 rings (SSSR count). The number of imidazole rings is 1. The molecule has 39 heavy (non-hydrogen) atoms. The van der Waals surface area contributed by atoms with Gasteiger partial charge in [-0.25, -0.2) is 13.8 Å². The molecule has 1 atom stereocenters. The van der Waals surface area contributed by atoms with Crippen LogP contribution < -0.4 is 10.2 Å². The first-order chi connectivity index (χ1) is 19.1. The van der Waals surface area contributed by atoms with Gasteiger partial charge in [-0.05, 0) is 50.7 Å². The highest BCUT2D eigenvalue weighted by atomic mass is 19.3. The van der Waals surface area contributed by atoms with Gasteiger partial charge in [0, 0.05) is 44.3 Å². The number of halogens is 2. The summed E-state index contributed by atoms with van der Waals surface area (Å²) in [6, 6.07) is 10.0. The molecule has 3 aliphatic rings. The first-order valence-corrected chi connectivity index (χ1v) is 14.1. The van der Waals surface area contributed by atoms with E-state index in [1.807, 2.05) is 11.0 Å². The Hall–Kier alpha value is -2.89. The zero-order valence-electron chi connectivity index (χ0n) is 22.4. The number of anilines is 2. The zero-order valence-corrected chi connectivity index (χ0v) is 22.4. The van der Waals surface area contributed by atoms with E-state index in [1.165, 1.54) is 17.4 Å². The first kappa shape index (κ1) is 26.3. The summed E-state index contributed by atoms with van der Waals surface area (Å²) in [6.07, 6.45) is 1.93. The summed E-state index contributed by atoms with van der Waals surface area (Å²) < 4.78 is 40.8. The SMILES string of the molecule is C[C@@H]1COCCN1[C@H]1CC[C@H](CNc2cc(-n3c(C(F)F)nc4ccccc43)nc(N3CCOCC3)n2)CC1. The lowest BCUT2D eigenvalue weighted by atomic mass is 9.84. The van der Waals surface area contributed by atoms with Crippen molar-refractivity contribution in [3.05, 3.63) is 36.2 Å². The van der Waals surface area contributed by atoms with Crippen LogP contribution in [0.4, 0.5) is 20.5 Å². The van der Waals surface area contributed by atoms with Gasteiger partial charge in [-0.1, -0.05) is 12.1 Å². The van der Waals surface area contributed by atoms with Crippen LogP contribution in [0.2, 0.25) is 0 Å². The van der Waals surface area contributed by atoms with Gasteiger partial charge in [0.15, 0.2) is 5.82 Å². The van der Waals surface area contributed by atoms with E-state index >= 15 is 0 Å². The maximum absolute atomic E-state index is 14.1. The Labute approximate surface area is 227 Å². The van der Waals surface area contributed by atoms with Crippen LogP contribution in [0, 0.1) is 5.92 Å². The van der Waals surface area contributed by atoms with Crippen molar-refractivity contribution in [1.29, 1.82) is 0 Å². The van der Waals surface area contributed by atoms with Crippen LogP contribution in [0.15, 0.2) is 30.3 Å². The molecule has 0 radical (unpaired) electrons. The summed E-state index contributed by atoms with van der Waals surface area (Å²) in [7, 11) is 0. The molecular weight excluding hydrogens is 504 g/mol. The number of nitrogens with one attached hydrogen (secondary N) is 1. The Bertz CT molecular complexity index is 1260. The Balaban J connectivity index is 1.23. The van der Waals surface area contributed by atoms with E-state index < -0.39 is 6.43 Å². The van der Waals surface area contributed by atoms with E-state index in [1.54, 1.807) is 24.3 Å². The lowest BCUT2D eigenvalue weighted by Crippen LogP contribution is -2.50. The Morgan fingerprint density at radius 1 is 0.974 bits per heavy atom. The van der Waals surface area contributed by atoms with Crippen LogP contribution in [0.1, 0.15) is 44.9 Å². The zero-order chi connectivity index (χ0) is 26.8. The van der Waals surface area contributed by atoms with Gasteiger partial charge < -0.3 is 19.7 Å². The number of nitrogens with zero attached hydrogens (tertiary/aromatic N) is 6. The second-order valence-electron chi connectivity index (χ2n) is 10.8. The lowest BCUT2D eigenvalue weighted by Gasteiger charge is -2.42. The number of alkyl halides is 2. The summed E-state index contributed by atoms with van der Waals surface area (Å²) in [5.41, 5.74) is 1.11. The quantitative estimate of drug-likeness (QED) is 0.475. The van der Waals surface area contributed by atoms with E-state index in [4.69, 9.17) is 19.4 Å². The first-order valence-electron chi connectivity index (χ1n) is 14.1. The van der Waals surface area contributed by atoms with Gasteiger partial charge in [-0.2, -0.15) is 9.97 Å². The van der Waals surface area contributed by atoms with Gasteiger partial charge in [0.1, 0.15) is 11.6 Å². The summed E-state index contributed by atoms with van der Waals surface area (Å²) in [5, 5.41) is 3.53. The maximum Gasteiger partial charge on any atom is 0.296 e. The average molecular weight is 542 g/mol. The van der Waals surface area contributed by atoms with Crippen molar-refractivity contribution < 1.29 is 18.3 Å². The molecule has 1 aromatic carbocycles. The second-order valence-corrected chi connectivity index (χ2v) is 10.8. The predicted molar refractivity (Wildman–Crippen MR) is 146 cm³/mol. The molecule has 2 aromatic heterocycles. The maximum atomic E-state index is 14.1. The fraction of sp³-hybridized carbons (Fsp3) is 0.607. The molecule has 1 N–H and O–H groups in total. The minimum absolute atomic E-state index is 0.315. The fourth-order valence-corrected chi connectivity index (χ4v) is 6.18. The lowest BCUT2D eigenvalue weighted by molar-refractivity contribution is -0.0317. The van der Waals surface area contributed by atoms with Gasteiger partial charge in [-0.15, -0.1) is 0 Å². The van der Waals surface area contributed by atoms with Gasteiger partial charge >= 0.3 is 0 Å². The number of hydrogen-bond acceptors (Lipinski definition) is 8. The van der Waals surface area contributed by atoms with E-state index in [0.717, 1.165) is 39.1 Å². The largest absolute Gasteiger partial charge is 0.379 e. The molecule has 0 amide bonds. The van der Waals surface area contributed by atoms with Crippen molar-refractivity contribution in [1.82, 2.24) is 24.4 Å². The molecule has 2 saturated heterocycles. The number of hydrogen-bond donors (Lipinski definition) is 1. The molecule has 11 heteroatoms. The number of rotatable bonds is 7. The Kier molecular flexibility index (Phi) is 7.90. The molecule has 9 nitrogen and oxygen atoms in total. The van der Waals surface area contributed by atoms with Crippen LogP contribution in [-0.4, -0.2) is 89.1 Å². The molecule has 0 unspecified atom stereocenters. The molecular formula is C28H37F2N7O2. The number of para-hydroxylation sites is 2. The number of aromatic nitrogens is 4. The highest BCUT2D eigenvalue weighted by Crippen LogP contribution is 2.31. The molecule has 3 aromatic rings. The van der Waals surface area contributed by atoms with E-state index in [-0.39, 0.29) is 5.82 Å². The molecule has 2 aliphatic heterocycles. The minimum atomic E-state index is -2.74. The highest BCUT2D eigenvalue weighted by Gasteiger charge is 2.30. The van der Waals surface area contributed by atoms with Crippen molar-refractivity contribution >= 4 is 22.8 Å². The van der Waals surface area contributed by atoms with E-state index in [2.05, 4.69) is 22.1 Å². The minimum Gasteiger partial charge on any atom is -0.379 e. The highest BCUT2D eigenvalue weighted by molar-refractivity contribution is 5.78. The molecule has 0 spiro atoms. The van der Waals surface area contributed by atoms with Crippen molar-refractivity contribution in [2.45, 2.75) is 51.1 Å². The van der Waals surface area contributed by atoms with Crippen molar-refractivity contribution in [2.24, 2.45) is 5.92 Å². The molecule has 1 aliphatic carbocycles. The van der Waals surface area contributed by atoms with Crippen molar-refractivity contribution in [3.8, 4) is 5.82 Å². The van der Waals surface area contributed by atoms with Crippen LogP contribution >= 0.6 is 0 Å². The fourth-order valence-electron chi connectivity index (χ4n) is 6.18. The summed E-state index contributed by atoms with van der Waals surface area (Å²) in [6.45, 7) is 8.18. The topological polar surface area (TPSA) is 80.6 Å². The summed E-state index contributed by atoms with van der Waals surface area (Å²) >= 11 is 0. The molecule has 0 bridgehead atoms. The number of morpholine rings is 2. The summed E-state index contributed by atoms with van der Waals surface area (Å²) in [4.78, 5) is 18.4. The predicted octanol–water partition coefficient (Wildman–Crippen LogP) is 4.28. The average Bonchev–Trinajstić information content (AvgIpc) is 3.37. The van der Waals surface area contributed by atoms with Crippen molar-refractivity contribution in [3.63, 3.8) is 0 Å². The van der Waals surface area contributed by atoms with Crippen LogP contribution in [-0.2, 0) is 9.47 Å². The number of benzene rings is 1. The Morgan fingerprint density at radius 2 is 1.74 bits per heavy atom. The van der Waals surface area contributed by atoms with Crippen LogP contribution in [0.5, 0.6) is 0 Å². The van der Waals surface area contributed by atoms with E-state index in [9.17, 15) is 8.78 Å². The van der Waals surface area contributed by atoms with Crippen LogP contribution in [0.25, 0.3) is 16.9 Å². The van der Waals surface area contributed by atoms with Gasteiger partial charge in [-0.3, -0.25) is 9.47 Å². The molecule has 1 saturated carbocycles. The Morgan fingerprint density at radius 3 is 2.51 bits per heavy atom. The smallest absolute Gasteiger partial charge is 0.296 e. The number of fused-ring (bicyclic) bond motifs is 1. The van der Waals surface area contributed by atoms with Crippen LogP contribution in [0.3, 0.4) is 0 Å². The van der Waals surface area contributed by atoms with Gasteiger partial charge in [0.25, 0.3) is 6.43 Å². The third-order valence-electron chi connectivity index (χ3n) is 8.28. The molecule has 210 valence electrons. The third kappa shape index (κ3) is 5.71. The van der Waals surface area contributed by atoms with Gasteiger partial charge in [0.05, 0.1) is 37.5 Å². The molecule has 3 fully saturated rings. The van der Waals surface area contributed by atoms with E-state index in [0.29, 0.717) is 72.9 Å². The van der Waals surface area contributed by atoms with Gasteiger partial charge in [0.2, 0.25) is 5.95 Å². The second kappa shape index (κ2) is 11.7. The standard InChI is InChI=1S/C28H37F2N7O2/c1-19-18-39-15-12-36(19)21-8-6-20(7-9-21)17-31-24-16-25(34-28(33-24)35-10-13-38-14-11-35)37-23-5-3-2-4-22(23)32-27(37)26(29)30/h2-5,16,19-21,26H,6-15,17-18H2,1H3,(H,31,33,34)/t19-,20-,21-/m1/s1. The third-order valence-corrected chi connectivity index (χ3v) is 8.28. The number of ether oxygens (including phenoxy) is 2. The summed E-state index contributed by atoms with van der Waals surface area (Å²) in [5.74, 6) is 1.77. The normalized spacial score (nSPS) is 24.9. The molecule has 4 heterocycles. The monoisotopic (exact) mass is 541 g/mol.